The topological polar surface area (TPSA) is 132 Å². The molecule has 0 aliphatic carbocycles. The van der Waals surface area contributed by atoms with Crippen LogP contribution < -0.4 is 4.72 Å². The average Bonchev–Trinajstić information content (AvgIpc) is 3.44. The second kappa shape index (κ2) is 14.0. The molecule has 0 bridgehead atoms. The maximum absolute atomic E-state index is 12.7. The number of benzene rings is 1. The minimum absolute atomic E-state index is 0.0526. The van der Waals surface area contributed by atoms with Crippen LogP contribution in [0.25, 0.3) is 0 Å². The molecule has 0 saturated heterocycles. The average molecular weight is 587 g/mol. The van der Waals surface area contributed by atoms with E-state index < -0.39 is 16.9 Å². The van der Waals surface area contributed by atoms with Crippen molar-refractivity contribution in [3.63, 3.8) is 0 Å². The molecule has 0 amide bonds. The van der Waals surface area contributed by atoms with E-state index in [1.807, 2.05) is 64.4 Å². The Kier molecular flexibility index (Phi) is 11.0. The molecule has 1 unspecified atom stereocenters. The summed E-state index contributed by atoms with van der Waals surface area (Å²) in [5.41, 5.74) is 0.928. The summed E-state index contributed by atoms with van der Waals surface area (Å²) in [7, 11) is 0. The van der Waals surface area contributed by atoms with Crippen LogP contribution in [0, 0.1) is 5.41 Å². The van der Waals surface area contributed by atoms with Gasteiger partial charge >= 0.3 is 5.97 Å². The zero-order valence-corrected chi connectivity index (χ0v) is 25.6. The molecule has 3 rings (SSSR count). The minimum Gasteiger partial charge on any atom is -0.459 e. The molecule has 0 aliphatic heterocycles. The second-order valence-corrected chi connectivity index (χ2v) is 13.0. The lowest BCUT2D eigenvalue weighted by Gasteiger charge is -2.24. The summed E-state index contributed by atoms with van der Waals surface area (Å²) >= 11 is -2.13. The first kappa shape index (κ1) is 32.2. The number of imidazole rings is 2. The van der Waals surface area contributed by atoms with Gasteiger partial charge in [-0.15, -0.1) is 0 Å². The summed E-state index contributed by atoms with van der Waals surface area (Å²) in [6, 6.07) is 7.33. The third-order valence-corrected chi connectivity index (χ3v) is 6.41. The smallest absolute Gasteiger partial charge is 0.326 e. The number of Topliss-reactive ketones (excluding diaryl/α,β-unsaturated/α-hetero) is 1. The Morgan fingerprint density at radius 2 is 1.51 bits per heavy atom. The molecule has 12 heteroatoms. The zero-order valence-electron chi connectivity index (χ0n) is 24.8. The van der Waals surface area contributed by atoms with Crippen molar-refractivity contribution in [3.05, 3.63) is 66.3 Å². The Labute approximate surface area is 244 Å². The Bertz CT molecular complexity index is 1250. The summed E-state index contributed by atoms with van der Waals surface area (Å²) in [6.07, 6.45) is 8.14. The molecule has 0 saturated carbocycles. The highest BCUT2D eigenvalue weighted by Gasteiger charge is 2.21. The number of carbonyl (C=O) groups is 2. The Morgan fingerprint density at radius 3 is 2.02 bits per heavy atom. The lowest BCUT2D eigenvalue weighted by Crippen LogP contribution is -2.30. The van der Waals surface area contributed by atoms with Crippen molar-refractivity contribution in [1.82, 2.24) is 24.0 Å². The number of hydrogen-bond donors (Lipinski definition) is 2. The van der Waals surface area contributed by atoms with E-state index in [4.69, 9.17) is 9.29 Å². The summed E-state index contributed by atoms with van der Waals surface area (Å²) in [5, 5.41) is 0. The summed E-state index contributed by atoms with van der Waals surface area (Å²) in [5.74, 6) is 1.28. The summed E-state index contributed by atoms with van der Waals surface area (Å²) < 4.78 is 31.7. The Hall–Kier alpha value is -3.35. The lowest BCUT2D eigenvalue weighted by molar-refractivity contribution is -0.155. The van der Waals surface area contributed by atoms with Gasteiger partial charge in [-0.05, 0) is 50.3 Å². The van der Waals surface area contributed by atoms with Crippen molar-refractivity contribution >= 4 is 28.7 Å². The van der Waals surface area contributed by atoms with Gasteiger partial charge in [0.1, 0.15) is 23.8 Å². The third kappa shape index (κ3) is 11.6. The molecule has 11 nitrogen and oxygen atoms in total. The molecule has 0 fully saturated rings. The summed E-state index contributed by atoms with van der Waals surface area (Å²) in [4.78, 5) is 36.4. The summed E-state index contributed by atoms with van der Waals surface area (Å²) in [6.45, 7) is 13.5. The number of anilines is 1. The molecular weight excluding hydrogens is 544 g/mol. The SMILES string of the molecule is CC(C)(C)CC(=O)Cn1ccnc1CN(CCc1ccc(NS(=O)O)cc1)Cc1nccn1CC(=O)OC(C)(C)C. The van der Waals surface area contributed by atoms with E-state index in [1.165, 1.54) is 0 Å². The van der Waals surface area contributed by atoms with Crippen LogP contribution in [-0.4, -0.2) is 56.7 Å². The van der Waals surface area contributed by atoms with Gasteiger partial charge < -0.3 is 13.9 Å². The fraction of sp³-hybridized carbons (Fsp3) is 0.517. The number of esters is 1. The van der Waals surface area contributed by atoms with Crippen LogP contribution in [0.15, 0.2) is 49.1 Å². The van der Waals surface area contributed by atoms with E-state index in [2.05, 4.69) is 19.6 Å². The molecule has 2 N–H and O–H groups in total. The molecule has 0 radical (unpaired) electrons. The van der Waals surface area contributed by atoms with Crippen LogP contribution in [0.1, 0.15) is 65.2 Å². The number of ether oxygens (including phenoxy) is 1. The van der Waals surface area contributed by atoms with Gasteiger partial charge in [0.25, 0.3) is 11.3 Å². The van der Waals surface area contributed by atoms with Crippen LogP contribution in [0.3, 0.4) is 0 Å². The molecule has 2 heterocycles. The predicted molar refractivity (Wildman–Crippen MR) is 158 cm³/mol. The maximum Gasteiger partial charge on any atom is 0.326 e. The van der Waals surface area contributed by atoms with Gasteiger partial charge in [-0.3, -0.25) is 23.8 Å². The maximum atomic E-state index is 12.7. The van der Waals surface area contributed by atoms with Crippen LogP contribution in [0.4, 0.5) is 5.69 Å². The normalized spacial score (nSPS) is 12.9. The highest BCUT2D eigenvalue weighted by Crippen LogP contribution is 2.20. The molecule has 41 heavy (non-hydrogen) atoms. The fourth-order valence-electron chi connectivity index (χ4n) is 4.36. The van der Waals surface area contributed by atoms with E-state index in [0.29, 0.717) is 44.0 Å². The number of carbonyl (C=O) groups excluding carboxylic acids is 2. The minimum atomic E-state index is -2.13. The highest BCUT2D eigenvalue weighted by atomic mass is 32.2. The monoisotopic (exact) mass is 586 g/mol. The second-order valence-electron chi connectivity index (χ2n) is 12.3. The van der Waals surface area contributed by atoms with E-state index in [-0.39, 0.29) is 30.3 Å². The van der Waals surface area contributed by atoms with Gasteiger partial charge in [-0.1, -0.05) is 32.9 Å². The fourth-order valence-corrected chi connectivity index (χ4v) is 4.70. The molecule has 224 valence electrons. The number of rotatable bonds is 14. The number of hydrogen-bond acceptors (Lipinski definition) is 7. The van der Waals surface area contributed by atoms with Gasteiger partial charge in [0, 0.05) is 43.4 Å². The van der Waals surface area contributed by atoms with E-state index in [1.54, 1.807) is 35.3 Å². The Balaban J connectivity index is 1.77. The standard InChI is InChI=1S/C29H42N6O5S/c1-28(2,3)17-24(36)18-34-15-12-30-25(34)19-33(14-11-22-7-9-23(10-8-22)32-41(38)39)20-26-31-13-16-35(26)21-27(37)40-29(4,5)6/h7-10,12-13,15-16,32H,11,14,17-21H2,1-6H3,(H,38,39). The lowest BCUT2D eigenvalue weighted by atomic mass is 9.90. The van der Waals surface area contributed by atoms with Crippen molar-refractivity contribution in [1.29, 1.82) is 0 Å². The molecule has 0 spiro atoms. The molecule has 2 aromatic heterocycles. The van der Waals surface area contributed by atoms with E-state index in [0.717, 1.165) is 11.4 Å². The first-order chi connectivity index (χ1) is 19.2. The molecular formula is C29H42N6O5S. The van der Waals surface area contributed by atoms with Crippen molar-refractivity contribution in [3.8, 4) is 0 Å². The number of nitrogens with one attached hydrogen (secondary N) is 1. The molecule has 0 aliphatic rings. The zero-order chi connectivity index (χ0) is 30.2. The number of ketones is 1. The highest BCUT2D eigenvalue weighted by molar-refractivity contribution is 7.80. The number of nitrogens with zero attached hydrogens (tertiary/aromatic N) is 5. The van der Waals surface area contributed by atoms with Gasteiger partial charge in [-0.25, -0.2) is 14.2 Å². The van der Waals surface area contributed by atoms with E-state index >= 15 is 0 Å². The third-order valence-electron chi connectivity index (χ3n) is 6.00. The van der Waals surface area contributed by atoms with Crippen molar-refractivity contribution in [2.75, 3.05) is 11.3 Å². The van der Waals surface area contributed by atoms with Crippen LogP contribution in [0.2, 0.25) is 0 Å². The van der Waals surface area contributed by atoms with Crippen LogP contribution in [-0.2, 0) is 58.2 Å². The quantitative estimate of drug-likeness (QED) is 0.212. The van der Waals surface area contributed by atoms with E-state index in [9.17, 15) is 13.8 Å². The number of aromatic nitrogens is 4. The largest absolute Gasteiger partial charge is 0.459 e. The molecule has 3 aromatic rings. The first-order valence-corrected chi connectivity index (χ1v) is 14.7. The first-order valence-electron chi connectivity index (χ1n) is 13.6. The van der Waals surface area contributed by atoms with Crippen molar-refractivity contribution in [2.24, 2.45) is 5.41 Å². The van der Waals surface area contributed by atoms with Gasteiger partial charge in [0.05, 0.1) is 19.6 Å². The van der Waals surface area contributed by atoms with Gasteiger partial charge in [0.2, 0.25) is 0 Å². The van der Waals surface area contributed by atoms with Crippen LogP contribution in [0.5, 0.6) is 0 Å². The van der Waals surface area contributed by atoms with Crippen molar-refractivity contribution in [2.45, 2.75) is 86.2 Å². The molecule has 1 atom stereocenters. The predicted octanol–water partition coefficient (Wildman–Crippen LogP) is 4.22. The van der Waals surface area contributed by atoms with Gasteiger partial charge in [-0.2, -0.15) is 0 Å². The Morgan fingerprint density at radius 1 is 0.951 bits per heavy atom. The molecule has 1 aromatic carbocycles. The van der Waals surface area contributed by atoms with Crippen molar-refractivity contribution < 1.29 is 23.1 Å². The van der Waals surface area contributed by atoms with Gasteiger partial charge in [0.15, 0.2) is 5.78 Å². The van der Waals surface area contributed by atoms with Crippen LogP contribution >= 0.6 is 0 Å².